The molecule has 1 aromatic carbocycles. The molecule has 1 aliphatic heterocycles. The highest BCUT2D eigenvalue weighted by Crippen LogP contribution is 2.39. The number of rotatable bonds is 6. The van der Waals surface area contributed by atoms with Gasteiger partial charge in [0.05, 0.1) is 11.6 Å². The molecule has 0 spiro atoms. The Hall–Kier alpha value is -2.47. The maximum atomic E-state index is 12.9. The number of hydrogen-bond donors (Lipinski definition) is 1. The van der Waals surface area contributed by atoms with Crippen LogP contribution in [-0.2, 0) is 9.59 Å². The van der Waals surface area contributed by atoms with E-state index in [2.05, 4.69) is 27.8 Å². The average Bonchev–Trinajstić information content (AvgIpc) is 2.95. The van der Waals surface area contributed by atoms with E-state index < -0.39 is 17.7 Å². The third kappa shape index (κ3) is 3.87. The van der Waals surface area contributed by atoms with Crippen LogP contribution in [0.4, 0.5) is 0 Å². The molecule has 146 valence electrons. The molecule has 0 saturated carbocycles. The molecule has 1 aliphatic rings. The third-order valence-electron chi connectivity index (χ3n) is 4.97. The Kier molecular flexibility index (Phi) is 6.29. The molecule has 5 nitrogen and oxygen atoms in total. The highest BCUT2D eigenvalue weighted by Gasteiger charge is 2.45. The minimum Gasteiger partial charge on any atom is -0.507 e. The molecule has 0 aliphatic carbocycles. The molecule has 1 N–H and O–H groups in total. The van der Waals surface area contributed by atoms with Crippen molar-refractivity contribution in [2.75, 3.05) is 6.54 Å². The average molecular weight is 443 g/mol. The zero-order valence-corrected chi connectivity index (χ0v) is 17.6. The molecule has 6 heteroatoms. The van der Waals surface area contributed by atoms with Gasteiger partial charge in [-0.15, -0.1) is 0 Å². The second-order valence-electron chi connectivity index (χ2n) is 6.95. The molecular formula is C22H23BrN2O3. The fourth-order valence-corrected chi connectivity index (χ4v) is 3.72. The first-order valence-corrected chi connectivity index (χ1v) is 10.2. The summed E-state index contributed by atoms with van der Waals surface area (Å²) in [6, 6.07) is 8.32. The number of hydrogen-bond acceptors (Lipinski definition) is 4. The minimum absolute atomic E-state index is 0.122. The van der Waals surface area contributed by atoms with Gasteiger partial charge in [0, 0.05) is 29.0 Å². The second kappa shape index (κ2) is 8.69. The second-order valence-corrected chi connectivity index (χ2v) is 7.80. The Morgan fingerprint density at radius 3 is 2.68 bits per heavy atom. The number of ketones is 1. The first-order valence-electron chi connectivity index (χ1n) is 9.40. The van der Waals surface area contributed by atoms with Crippen molar-refractivity contribution in [3.05, 3.63) is 69.5 Å². The van der Waals surface area contributed by atoms with E-state index in [1.807, 2.05) is 19.1 Å². The first-order chi connectivity index (χ1) is 13.5. The standard InChI is InChI=1S/C22H23BrN2O3/c1-3-4-5-11-25-19(16-7-6-10-24-13-16)18(21(27)22(25)28)20(26)15-8-9-17(23)14(2)12-15/h6-10,12-13,19,26H,3-5,11H2,1-2H3/b20-18-. The van der Waals surface area contributed by atoms with E-state index >= 15 is 0 Å². The van der Waals surface area contributed by atoms with Crippen LogP contribution < -0.4 is 0 Å². The van der Waals surface area contributed by atoms with Crippen molar-refractivity contribution in [3.8, 4) is 0 Å². The number of nitrogens with zero attached hydrogens (tertiary/aromatic N) is 2. The number of carbonyl (C=O) groups is 2. The summed E-state index contributed by atoms with van der Waals surface area (Å²) in [5.74, 6) is -1.37. The van der Waals surface area contributed by atoms with E-state index in [0.29, 0.717) is 17.7 Å². The van der Waals surface area contributed by atoms with Gasteiger partial charge in [-0.25, -0.2) is 0 Å². The van der Waals surface area contributed by atoms with E-state index in [0.717, 1.165) is 29.3 Å². The van der Waals surface area contributed by atoms with Crippen LogP contribution in [0.3, 0.4) is 0 Å². The number of aliphatic hydroxyl groups excluding tert-OH is 1. The Labute approximate surface area is 173 Å². The molecule has 0 bridgehead atoms. The highest BCUT2D eigenvalue weighted by atomic mass is 79.9. The van der Waals surface area contributed by atoms with Crippen LogP contribution in [0.15, 0.2) is 52.8 Å². The van der Waals surface area contributed by atoms with Gasteiger partial charge in [-0.05, 0) is 42.7 Å². The molecular weight excluding hydrogens is 420 g/mol. The largest absolute Gasteiger partial charge is 0.507 e. The van der Waals surface area contributed by atoms with Gasteiger partial charge in [0.1, 0.15) is 5.76 Å². The lowest BCUT2D eigenvalue weighted by Crippen LogP contribution is -2.30. The monoisotopic (exact) mass is 442 g/mol. The molecule has 1 unspecified atom stereocenters. The molecule has 0 radical (unpaired) electrons. The van der Waals surface area contributed by atoms with Crippen molar-refractivity contribution in [2.24, 2.45) is 0 Å². The van der Waals surface area contributed by atoms with Gasteiger partial charge in [-0.3, -0.25) is 14.6 Å². The maximum absolute atomic E-state index is 12.9. The first kappa shape index (κ1) is 20.3. The molecule has 2 heterocycles. The molecule has 3 rings (SSSR count). The Morgan fingerprint density at radius 2 is 2.04 bits per heavy atom. The van der Waals surface area contributed by atoms with Crippen LogP contribution in [0.25, 0.3) is 5.76 Å². The van der Waals surface area contributed by atoms with Gasteiger partial charge in [0.15, 0.2) is 0 Å². The quantitative estimate of drug-likeness (QED) is 0.302. The molecule has 2 aromatic rings. The SMILES string of the molecule is CCCCCN1C(=O)C(=O)/C(=C(\O)c2ccc(Br)c(C)c2)C1c1cccnc1. The molecule has 1 aromatic heterocycles. The Bertz CT molecular complexity index is 925. The number of unbranched alkanes of at least 4 members (excludes halogenated alkanes) is 2. The number of amides is 1. The zero-order chi connectivity index (χ0) is 20.3. The number of carbonyl (C=O) groups excluding carboxylic acids is 2. The number of likely N-dealkylation sites (tertiary alicyclic amines) is 1. The van der Waals surface area contributed by atoms with Crippen molar-refractivity contribution in [3.63, 3.8) is 0 Å². The van der Waals surface area contributed by atoms with Gasteiger partial charge >= 0.3 is 0 Å². The van der Waals surface area contributed by atoms with Crippen LogP contribution in [0.1, 0.15) is 48.9 Å². The summed E-state index contributed by atoms with van der Waals surface area (Å²) in [4.78, 5) is 31.3. The molecule has 1 saturated heterocycles. The summed E-state index contributed by atoms with van der Waals surface area (Å²) in [5.41, 5.74) is 2.28. The number of Topliss-reactive ketones (excluding diaryl/α,β-unsaturated/α-hetero) is 1. The van der Waals surface area contributed by atoms with E-state index in [1.165, 1.54) is 0 Å². The van der Waals surface area contributed by atoms with Crippen molar-refractivity contribution in [1.29, 1.82) is 0 Å². The lowest BCUT2D eigenvalue weighted by atomic mass is 9.96. The summed E-state index contributed by atoms with van der Waals surface area (Å²) >= 11 is 3.44. The van der Waals surface area contributed by atoms with Gasteiger partial charge in [0.25, 0.3) is 11.7 Å². The fraction of sp³-hybridized carbons (Fsp3) is 0.318. The van der Waals surface area contributed by atoms with E-state index in [-0.39, 0.29) is 11.3 Å². The van der Waals surface area contributed by atoms with Crippen LogP contribution in [0.2, 0.25) is 0 Å². The third-order valence-corrected chi connectivity index (χ3v) is 5.86. The number of benzene rings is 1. The number of aliphatic hydroxyl groups is 1. The minimum atomic E-state index is -0.650. The summed E-state index contributed by atoms with van der Waals surface area (Å²) < 4.78 is 0.910. The smallest absolute Gasteiger partial charge is 0.295 e. The highest BCUT2D eigenvalue weighted by molar-refractivity contribution is 9.10. The molecule has 1 fully saturated rings. The molecule has 1 atom stereocenters. The number of halogens is 1. The fourth-order valence-electron chi connectivity index (χ4n) is 3.47. The lowest BCUT2D eigenvalue weighted by molar-refractivity contribution is -0.139. The van der Waals surface area contributed by atoms with E-state index in [9.17, 15) is 14.7 Å². The van der Waals surface area contributed by atoms with Gasteiger partial charge in [-0.2, -0.15) is 0 Å². The topological polar surface area (TPSA) is 70.5 Å². The maximum Gasteiger partial charge on any atom is 0.295 e. The number of aromatic nitrogens is 1. The van der Waals surface area contributed by atoms with Crippen molar-refractivity contribution in [1.82, 2.24) is 9.88 Å². The summed E-state index contributed by atoms with van der Waals surface area (Å²) in [5, 5.41) is 11.0. The lowest BCUT2D eigenvalue weighted by Gasteiger charge is -2.25. The summed E-state index contributed by atoms with van der Waals surface area (Å²) in [6.45, 7) is 4.46. The number of pyridine rings is 1. The van der Waals surface area contributed by atoms with E-state index in [1.54, 1.807) is 35.5 Å². The van der Waals surface area contributed by atoms with Crippen molar-refractivity contribution in [2.45, 2.75) is 39.2 Å². The van der Waals surface area contributed by atoms with Gasteiger partial charge < -0.3 is 10.0 Å². The molecule has 28 heavy (non-hydrogen) atoms. The summed E-state index contributed by atoms with van der Waals surface area (Å²) in [6.07, 6.45) is 6.07. The van der Waals surface area contributed by atoms with Crippen LogP contribution >= 0.6 is 15.9 Å². The van der Waals surface area contributed by atoms with Crippen LogP contribution in [-0.4, -0.2) is 33.2 Å². The predicted octanol–water partition coefficient (Wildman–Crippen LogP) is 4.76. The molecule has 1 amide bonds. The van der Waals surface area contributed by atoms with Crippen molar-refractivity contribution < 1.29 is 14.7 Å². The summed E-state index contributed by atoms with van der Waals surface area (Å²) in [7, 11) is 0. The normalized spacial score (nSPS) is 18.7. The number of aryl methyl sites for hydroxylation is 1. The van der Waals surface area contributed by atoms with Crippen LogP contribution in [0.5, 0.6) is 0 Å². The predicted molar refractivity (Wildman–Crippen MR) is 112 cm³/mol. The van der Waals surface area contributed by atoms with Gasteiger partial charge in [0.2, 0.25) is 0 Å². The van der Waals surface area contributed by atoms with E-state index in [4.69, 9.17) is 0 Å². The Balaban J connectivity index is 2.12. The zero-order valence-electron chi connectivity index (χ0n) is 16.0. The van der Waals surface area contributed by atoms with Gasteiger partial charge in [-0.1, -0.05) is 47.8 Å². The van der Waals surface area contributed by atoms with Crippen LogP contribution in [0, 0.1) is 6.92 Å². The Morgan fingerprint density at radius 1 is 1.25 bits per heavy atom. The van der Waals surface area contributed by atoms with Crippen molar-refractivity contribution >= 4 is 33.4 Å².